The zero-order valence-corrected chi connectivity index (χ0v) is 17.5. The molecule has 0 fully saturated rings. The molecule has 0 spiro atoms. The minimum Gasteiger partial charge on any atom is -0.493 e. The summed E-state index contributed by atoms with van der Waals surface area (Å²) in [6, 6.07) is 19.3. The third kappa shape index (κ3) is 4.20. The topological polar surface area (TPSA) is 102 Å². The normalized spacial score (nSPS) is 10.4. The molecule has 4 rings (SSSR count). The van der Waals surface area contributed by atoms with E-state index in [2.05, 4.69) is 20.8 Å². The van der Waals surface area contributed by atoms with Gasteiger partial charge in [0, 0.05) is 17.1 Å². The maximum absolute atomic E-state index is 13.0. The lowest BCUT2D eigenvalue weighted by molar-refractivity contribution is 0.0845. The van der Waals surface area contributed by atoms with E-state index in [1.807, 2.05) is 24.3 Å². The van der Waals surface area contributed by atoms with Gasteiger partial charge in [0.1, 0.15) is 5.69 Å². The largest absolute Gasteiger partial charge is 0.493 e. The number of nitrogens with one attached hydrogen (secondary N) is 2. The van der Waals surface area contributed by atoms with E-state index in [-0.39, 0.29) is 5.69 Å². The molecular formula is C24H20N4O4. The number of ether oxygens (including phenoxy) is 2. The Kier molecular flexibility index (Phi) is 5.94. The molecule has 8 heteroatoms. The summed E-state index contributed by atoms with van der Waals surface area (Å²) in [6.45, 7) is 0. The van der Waals surface area contributed by atoms with Crippen molar-refractivity contribution < 1.29 is 19.1 Å². The molecule has 2 N–H and O–H groups in total. The Morgan fingerprint density at radius 2 is 1.56 bits per heavy atom. The number of carbonyl (C=O) groups is 2. The van der Waals surface area contributed by atoms with Crippen LogP contribution in [0.4, 0.5) is 0 Å². The highest BCUT2D eigenvalue weighted by molar-refractivity contribution is 6.08. The lowest BCUT2D eigenvalue weighted by Crippen LogP contribution is -2.42. The van der Waals surface area contributed by atoms with Gasteiger partial charge in [0.15, 0.2) is 11.5 Å². The first-order valence-electron chi connectivity index (χ1n) is 9.74. The highest BCUT2D eigenvalue weighted by Crippen LogP contribution is 2.33. The number of hydrogen-bond acceptors (Lipinski definition) is 6. The van der Waals surface area contributed by atoms with Gasteiger partial charge < -0.3 is 9.47 Å². The molecule has 32 heavy (non-hydrogen) atoms. The maximum atomic E-state index is 13.0. The first-order chi connectivity index (χ1) is 15.6. The molecule has 0 radical (unpaired) electrons. The van der Waals surface area contributed by atoms with E-state index in [9.17, 15) is 9.59 Å². The summed E-state index contributed by atoms with van der Waals surface area (Å²) in [7, 11) is 3.12. The van der Waals surface area contributed by atoms with Gasteiger partial charge >= 0.3 is 0 Å². The second kappa shape index (κ2) is 9.13. The number of pyridine rings is 2. The Morgan fingerprint density at radius 3 is 2.31 bits per heavy atom. The van der Waals surface area contributed by atoms with Crippen molar-refractivity contribution in [2.24, 2.45) is 0 Å². The predicted octanol–water partition coefficient (Wildman–Crippen LogP) is 3.39. The SMILES string of the molecule is COc1ccc(-c2cc(C(=O)NNC(=O)c3ccccn3)c3ccccc3n2)cc1OC. The fourth-order valence-electron chi connectivity index (χ4n) is 3.25. The number of methoxy groups -OCH3 is 2. The first kappa shape index (κ1) is 20.8. The van der Waals surface area contributed by atoms with Gasteiger partial charge in [-0.2, -0.15) is 0 Å². The fraction of sp³-hybridized carbons (Fsp3) is 0.0833. The Morgan fingerprint density at radius 1 is 0.812 bits per heavy atom. The third-order valence-corrected chi connectivity index (χ3v) is 4.83. The summed E-state index contributed by atoms with van der Waals surface area (Å²) < 4.78 is 10.7. The van der Waals surface area contributed by atoms with Crippen LogP contribution in [0.3, 0.4) is 0 Å². The smallest absolute Gasteiger partial charge is 0.288 e. The molecule has 160 valence electrons. The minimum absolute atomic E-state index is 0.193. The van der Waals surface area contributed by atoms with E-state index in [4.69, 9.17) is 9.47 Å². The molecule has 8 nitrogen and oxygen atoms in total. The van der Waals surface area contributed by atoms with Crippen LogP contribution in [0.2, 0.25) is 0 Å². The number of aromatic nitrogens is 2. The van der Waals surface area contributed by atoms with E-state index in [1.165, 1.54) is 6.20 Å². The van der Waals surface area contributed by atoms with Gasteiger partial charge in [-0.3, -0.25) is 25.4 Å². The number of carbonyl (C=O) groups excluding carboxylic acids is 2. The molecule has 0 saturated heterocycles. The first-order valence-corrected chi connectivity index (χ1v) is 9.74. The van der Waals surface area contributed by atoms with E-state index in [0.29, 0.717) is 33.7 Å². The van der Waals surface area contributed by atoms with Crippen LogP contribution in [0, 0.1) is 0 Å². The second-order valence-electron chi connectivity index (χ2n) is 6.77. The molecule has 0 aliphatic carbocycles. The number of amides is 2. The second-order valence-corrected chi connectivity index (χ2v) is 6.77. The zero-order valence-electron chi connectivity index (χ0n) is 17.5. The van der Waals surface area contributed by atoms with Crippen molar-refractivity contribution in [1.29, 1.82) is 0 Å². The Hall–Kier alpha value is -4.46. The Balaban J connectivity index is 1.68. The molecular weight excluding hydrogens is 408 g/mol. The monoisotopic (exact) mass is 428 g/mol. The molecule has 2 aromatic carbocycles. The zero-order chi connectivity index (χ0) is 22.5. The minimum atomic E-state index is -0.516. The highest BCUT2D eigenvalue weighted by Gasteiger charge is 2.16. The molecule has 0 atom stereocenters. The average Bonchev–Trinajstić information content (AvgIpc) is 2.86. The molecule has 0 aliphatic rings. The van der Waals surface area contributed by atoms with E-state index < -0.39 is 11.8 Å². The molecule has 2 amide bonds. The molecule has 2 heterocycles. The van der Waals surface area contributed by atoms with Gasteiger partial charge in [0.05, 0.1) is 31.0 Å². The quantitative estimate of drug-likeness (QED) is 0.473. The van der Waals surface area contributed by atoms with Crippen LogP contribution in [0.25, 0.3) is 22.2 Å². The Labute approximate surface area is 184 Å². The number of fused-ring (bicyclic) bond motifs is 1. The van der Waals surface area contributed by atoms with Gasteiger partial charge in [-0.25, -0.2) is 4.98 Å². The highest BCUT2D eigenvalue weighted by atomic mass is 16.5. The van der Waals surface area contributed by atoms with Gasteiger partial charge in [-0.1, -0.05) is 24.3 Å². The average molecular weight is 428 g/mol. The summed E-state index contributed by atoms with van der Waals surface area (Å²) in [5, 5.41) is 0.654. The number of hydrogen-bond donors (Lipinski definition) is 2. The van der Waals surface area contributed by atoms with Crippen molar-refractivity contribution in [3.63, 3.8) is 0 Å². The van der Waals surface area contributed by atoms with Crippen LogP contribution >= 0.6 is 0 Å². The van der Waals surface area contributed by atoms with Gasteiger partial charge in [-0.15, -0.1) is 0 Å². The van der Waals surface area contributed by atoms with E-state index >= 15 is 0 Å². The van der Waals surface area contributed by atoms with E-state index in [1.54, 1.807) is 56.7 Å². The van der Waals surface area contributed by atoms with Crippen molar-refractivity contribution >= 4 is 22.7 Å². The summed E-state index contributed by atoms with van der Waals surface area (Å²) in [5.41, 5.74) is 7.37. The van der Waals surface area contributed by atoms with Crippen molar-refractivity contribution in [3.05, 3.63) is 84.2 Å². The standard InChI is InChI=1S/C24H20N4O4/c1-31-21-11-10-15(13-22(21)32-2)20-14-17(16-7-3-4-8-18(16)26-20)23(29)27-28-24(30)19-9-5-6-12-25-19/h3-14H,1-2H3,(H,27,29)(H,28,30). The number of para-hydroxylation sites is 1. The molecule has 0 saturated carbocycles. The van der Waals surface area contributed by atoms with E-state index in [0.717, 1.165) is 5.56 Å². The van der Waals surface area contributed by atoms with Gasteiger partial charge in [-0.05, 0) is 42.5 Å². The van der Waals surface area contributed by atoms with Gasteiger partial charge in [0.25, 0.3) is 11.8 Å². The van der Waals surface area contributed by atoms with Crippen molar-refractivity contribution in [1.82, 2.24) is 20.8 Å². The van der Waals surface area contributed by atoms with Crippen LogP contribution in [0.5, 0.6) is 11.5 Å². The molecule has 0 bridgehead atoms. The van der Waals surface area contributed by atoms with Crippen molar-refractivity contribution in [3.8, 4) is 22.8 Å². The van der Waals surface area contributed by atoms with Crippen LogP contribution < -0.4 is 20.3 Å². The molecule has 0 unspecified atom stereocenters. The predicted molar refractivity (Wildman–Crippen MR) is 119 cm³/mol. The summed E-state index contributed by atoms with van der Waals surface area (Å²) in [6.07, 6.45) is 1.50. The molecule has 2 aromatic heterocycles. The number of benzene rings is 2. The fourth-order valence-corrected chi connectivity index (χ4v) is 3.25. The summed E-state index contributed by atoms with van der Waals surface area (Å²) in [5.74, 6) is 0.146. The Bertz CT molecular complexity index is 1290. The lowest BCUT2D eigenvalue weighted by Gasteiger charge is -2.13. The van der Waals surface area contributed by atoms with Crippen LogP contribution in [0.1, 0.15) is 20.8 Å². The van der Waals surface area contributed by atoms with Crippen molar-refractivity contribution in [2.45, 2.75) is 0 Å². The maximum Gasteiger partial charge on any atom is 0.288 e. The number of rotatable bonds is 5. The summed E-state index contributed by atoms with van der Waals surface area (Å²) >= 11 is 0. The molecule has 0 aliphatic heterocycles. The molecule has 4 aromatic rings. The van der Waals surface area contributed by atoms with Crippen LogP contribution in [-0.4, -0.2) is 36.0 Å². The lowest BCUT2D eigenvalue weighted by atomic mass is 10.0. The van der Waals surface area contributed by atoms with Crippen molar-refractivity contribution in [2.75, 3.05) is 14.2 Å². The van der Waals surface area contributed by atoms with Gasteiger partial charge in [0.2, 0.25) is 0 Å². The van der Waals surface area contributed by atoms with Crippen LogP contribution in [0.15, 0.2) is 72.9 Å². The number of nitrogens with zero attached hydrogens (tertiary/aromatic N) is 2. The summed E-state index contributed by atoms with van der Waals surface area (Å²) in [4.78, 5) is 33.9. The number of hydrazine groups is 1. The third-order valence-electron chi connectivity index (χ3n) is 4.83. The van der Waals surface area contributed by atoms with Crippen LogP contribution in [-0.2, 0) is 0 Å².